The summed E-state index contributed by atoms with van der Waals surface area (Å²) < 4.78 is 41.3. The number of aromatic nitrogens is 5. The van der Waals surface area contributed by atoms with Gasteiger partial charge in [0.2, 0.25) is 5.82 Å². The summed E-state index contributed by atoms with van der Waals surface area (Å²) in [5.74, 6) is -0.185. The van der Waals surface area contributed by atoms with Gasteiger partial charge < -0.3 is 24.5 Å². The second-order valence-corrected chi connectivity index (χ2v) is 8.60. The molecule has 16 heteroatoms. The number of anilines is 1. The molecule has 0 bridgehead atoms. The van der Waals surface area contributed by atoms with E-state index in [1.165, 1.54) is 23.1 Å². The number of pyridine rings is 1. The molecule has 1 unspecified atom stereocenters. The third-order valence-electron chi connectivity index (χ3n) is 4.87. The molecule has 0 radical (unpaired) electrons. The molecule has 2 aromatic heterocycles. The topological polar surface area (TPSA) is 184 Å². The summed E-state index contributed by atoms with van der Waals surface area (Å²) in [6.45, 7) is 1.56. The van der Waals surface area contributed by atoms with Crippen molar-refractivity contribution in [2.75, 3.05) is 18.1 Å². The summed E-state index contributed by atoms with van der Waals surface area (Å²) in [5.41, 5.74) is 1.59. The first-order valence-corrected chi connectivity index (χ1v) is 12.1. The van der Waals surface area contributed by atoms with E-state index in [-0.39, 0.29) is 12.2 Å². The van der Waals surface area contributed by atoms with Crippen LogP contribution < -0.4 is 4.90 Å². The second kappa shape index (κ2) is 11.6. The highest BCUT2D eigenvalue weighted by Gasteiger charge is 2.37. The maximum absolute atomic E-state index is 14.8. The van der Waals surface area contributed by atoms with Crippen LogP contribution in [0.4, 0.5) is 19.3 Å². The SMILES string of the molecule is CCCn1nnc(-c2ccc(-c3ccc(N4C[C@H](C(O)CF)OC4=O)cc3F)cn2)n1.O=P(O)(O)O. The second-order valence-electron chi connectivity index (χ2n) is 7.57. The molecule has 3 heterocycles. The zero-order valence-electron chi connectivity index (χ0n) is 18.8. The number of tetrazole rings is 1. The van der Waals surface area contributed by atoms with Crippen LogP contribution in [0.5, 0.6) is 0 Å². The standard InChI is InChI=1S/C20H20F2N6O3.H3O4P/c1-2-7-28-25-19(24-26-28)16-6-3-12(10-23-16)14-5-4-13(8-15(14)22)27-11-18(17(29)9-21)31-20(27)30;1-5(2,3)4/h3-6,8,10,17-18,29H,2,7,9,11H2,1H3;(H3,1,2,3,4)/t17?,18-;/m1./s1. The molecule has 1 saturated heterocycles. The van der Waals surface area contributed by atoms with Crippen LogP contribution in [0.3, 0.4) is 0 Å². The Kier molecular flexibility index (Phi) is 8.76. The Labute approximate surface area is 203 Å². The Morgan fingerprint density at radius 1 is 1.25 bits per heavy atom. The number of aryl methyl sites for hydroxylation is 1. The van der Waals surface area contributed by atoms with E-state index in [1.54, 1.807) is 18.2 Å². The molecule has 1 amide bonds. The molecule has 36 heavy (non-hydrogen) atoms. The van der Waals surface area contributed by atoms with Crippen molar-refractivity contribution in [2.24, 2.45) is 0 Å². The van der Waals surface area contributed by atoms with E-state index >= 15 is 0 Å². The summed E-state index contributed by atoms with van der Waals surface area (Å²) in [7, 11) is -4.64. The number of aliphatic hydroxyl groups is 1. The fourth-order valence-corrected chi connectivity index (χ4v) is 3.23. The van der Waals surface area contributed by atoms with Crippen molar-refractivity contribution < 1.29 is 42.7 Å². The predicted octanol–water partition coefficient (Wildman–Crippen LogP) is 1.68. The smallest absolute Gasteiger partial charge is 0.441 e. The Hall–Kier alpha value is -3.36. The van der Waals surface area contributed by atoms with Crippen molar-refractivity contribution >= 4 is 19.6 Å². The zero-order chi connectivity index (χ0) is 26.5. The van der Waals surface area contributed by atoms with Crippen LogP contribution in [0.25, 0.3) is 22.6 Å². The molecule has 2 atom stereocenters. The van der Waals surface area contributed by atoms with Crippen molar-refractivity contribution in [3.63, 3.8) is 0 Å². The number of phosphoric acid groups is 1. The van der Waals surface area contributed by atoms with Crippen molar-refractivity contribution in [3.8, 4) is 22.6 Å². The number of carbonyl (C=O) groups excluding carboxylic acids is 1. The number of rotatable bonds is 7. The monoisotopic (exact) mass is 528 g/mol. The number of hydrogen-bond acceptors (Lipinski definition) is 8. The summed E-state index contributed by atoms with van der Waals surface area (Å²) >= 11 is 0. The van der Waals surface area contributed by atoms with Crippen LogP contribution in [0.1, 0.15) is 13.3 Å². The average molecular weight is 528 g/mol. The Morgan fingerprint density at radius 2 is 1.97 bits per heavy atom. The fraction of sp³-hybridized carbons (Fsp3) is 0.350. The van der Waals surface area contributed by atoms with Gasteiger partial charge in [0.1, 0.15) is 24.3 Å². The highest BCUT2D eigenvalue weighted by molar-refractivity contribution is 7.45. The first-order chi connectivity index (χ1) is 17.0. The lowest BCUT2D eigenvalue weighted by molar-refractivity contribution is 0.0188. The molecule has 0 aliphatic carbocycles. The molecule has 0 saturated carbocycles. The quantitative estimate of drug-likeness (QED) is 0.327. The van der Waals surface area contributed by atoms with Crippen LogP contribution in [0.15, 0.2) is 36.5 Å². The number of benzene rings is 1. The molecule has 1 aliphatic heterocycles. The van der Waals surface area contributed by atoms with Gasteiger partial charge in [-0.15, -0.1) is 10.2 Å². The Morgan fingerprint density at radius 3 is 2.56 bits per heavy atom. The molecule has 0 spiro atoms. The van der Waals surface area contributed by atoms with E-state index in [1.807, 2.05) is 6.92 Å². The highest BCUT2D eigenvalue weighted by atomic mass is 31.2. The van der Waals surface area contributed by atoms with Crippen LogP contribution >= 0.6 is 7.82 Å². The van der Waals surface area contributed by atoms with E-state index < -0.39 is 38.6 Å². The van der Waals surface area contributed by atoms with E-state index in [9.17, 15) is 18.7 Å². The van der Waals surface area contributed by atoms with Crippen molar-refractivity contribution in [2.45, 2.75) is 32.1 Å². The number of alkyl halides is 1. The van der Waals surface area contributed by atoms with Crippen molar-refractivity contribution in [3.05, 3.63) is 42.3 Å². The van der Waals surface area contributed by atoms with Gasteiger partial charge in [-0.1, -0.05) is 13.0 Å². The molecule has 13 nitrogen and oxygen atoms in total. The van der Waals surface area contributed by atoms with Crippen LogP contribution in [-0.4, -0.2) is 76.5 Å². The Balaban J connectivity index is 0.000000658. The first kappa shape index (κ1) is 27.2. The van der Waals surface area contributed by atoms with Gasteiger partial charge in [-0.3, -0.25) is 9.88 Å². The van der Waals surface area contributed by atoms with E-state index in [2.05, 4.69) is 20.4 Å². The number of hydrogen-bond donors (Lipinski definition) is 4. The van der Waals surface area contributed by atoms with Gasteiger partial charge in [0.25, 0.3) is 0 Å². The maximum atomic E-state index is 14.8. The van der Waals surface area contributed by atoms with Gasteiger partial charge in [0.15, 0.2) is 6.10 Å². The lowest BCUT2D eigenvalue weighted by atomic mass is 10.1. The van der Waals surface area contributed by atoms with Gasteiger partial charge in [0, 0.05) is 17.3 Å². The third-order valence-corrected chi connectivity index (χ3v) is 4.87. The lowest BCUT2D eigenvalue weighted by Crippen LogP contribution is -2.32. The van der Waals surface area contributed by atoms with Gasteiger partial charge in [-0.25, -0.2) is 18.1 Å². The number of cyclic esters (lactones) is 1. The molecule has 3 aromatic rings. The van der Waals surface area contributed by atoms with E-state index in [4.69, 9.17) is 24.0 Å². The largest absolute Gasteiger partial charge is 0.466 e. The zero-order valence-corrected chi connectivity index (χ0v) is 19.7. The summed E-state index contributed by atoms with van der Waals surface area (Å²) in [6.07, 6.45) is -0.795. The maximum Gasteiger partial charge on any atom is 0.466 e. The number of carbonyl (C=O) groups is 1. The van der Waals surface area contributed by atoms with Crippen LogP contribution in [0.2, 0.25) is 0 Å². The number of ether oxygens (including phenoxy) is 1. The third kappa shape index (κ3) is 7.08. The van der Waals surface area contributed by atoms with E-state index in [0.29, 0.717) is 29.2 Å². The van der Waals surface area contributed by atoms with Gasteiger partial charge in [-0.05, 0) is 35.9 Å². The van der Waals surface area contributed by atoms with Crippen molar-refractivity contribution in [1.82, 2.24) is 25.2 Å². The number of nitrogens with zero attached hydrogens (tertiary/aromatic N) is 6. The van der Waals surface area contributed by atoms with Gasteiger partial charge >= 0.3 is 13.9 Å². The summed E-state index contributed by atoms with van der Waals surface area (Å²) in [4.78, 5) is 40.5. The first-order valence-electron chi connectivity index (χ1n) is 10.5. The highest BCUT2D eigenvalue weighted by Crippen LogP contribution is 2.30. The minimum Gasteiger partial charge on any atom is -0.441 e. The van der Waals surface area contributed by atoms with E-state index in [0.717, 1.165) is 11.3 Å². The van der Waals surface area contributed by atoms with Crippen molar-refractivity contribution in [1.29, 1.82) is 0 Å². The molecule has 4 N–H and O–H groups in total. The Bertz CT molecular complexity index is 1230. The molecule has 1 aromatic carbocycles. The minimum absolute atomic E-state index is 0.0648. The lowest BCUT2D eigenvalue weighted by Gasteiger charge is -2.15. The molecular weight excluding hydrogens is 505 g/mol. The summed E-state index contributed by atoms with van der Waals surface area (Å²) in [6, 6.07) is 7.63. The van der Waals surface area contributed by atoms with Gasteiger partial charge in [-0.2, -0.15) is 4.80 Å². The molecule has 4 rings (SSSR count). The number of halogens is 2. The van der Waals surface area contributed by atoms with Crippen LogP contribution in [0, 0.1) is 5.82 Å². The fourth-order valence-electron chi connectivity index (χ4n) is 3.23. The van der Waals surface area contributed by atoms with Crippen LogP contribution in [-0.2, 0) is 15.8 Å². The normalized spacial score (nSPS) is 16.4. The molecule has 1 fully saturated rings. The summed E-state index contributed by atoms with van der Waals surface area (Å²) in [5, 5.41) is 21.7. The molecule has 1 aliphatic rings. The predicted molar refractivity (Wildman–Crippen MR) is 121 cm³/mol. The number of aliphatic hydroxyl groups excluding tert-OH is 1. The molecular formula is C20H23F2N6O7P. The van der Waals surface area contributed by atoms with Gasteiger partial charge in [0.05, 0.1) is 18.8 Å². The number of amides is 1. The molecule has 194 valence electrons. The minimum atomic E-state index is -4.64. The average Bonchev–Trinajstić information content (AvgIpc) is 3.45.